The second-order valence-electron chi connectivity index (χ2n) is 8.23. The summed E-state index contributed by atoms with van der Waals surface area (Å²) in [4.78, 5) is 25.9. The molecule has 0 aliphatic carbocycles. The summed E-state index contributed by atoms with van der Waals surface area (Å²) >= 11 is 0. The van der Waals surface area contributed by atoms with E-state index in [1.165, 1.54) is 7.11 Å². The fourth-order valence-corrected chi connectivity index (χ4v) is 3.90. The normalized spacial score (nSPS) is 13.6. The molecular weight excluding hydrogens is 440 g/mol. The van der Waals surface area contributed by atoms with Crippen molar-refractivity contribution < 1.29 is 14.3 Å². The second-order valence-corrected chi connectivity index (χ2v) is 8.23. The minimum Gasteiger partial charge on any atom is -0.486 e. The third-order valence-electron chi connectivity index (χ3n) is 5.81. The maximum Gasteiger partial charge on any atom is 0.360 e. The number of pyridine rings is 2. The van der Waals surface area contributed by atoms with Crippen LogP contribution in [0, 0.1) is 11.8 Å². The van der Waals surface area contributed by atoms with E-state index in [-0.39, 0.29) is 5.69 Å². The Morgan fingerprint density at radius 2 is 1.80 bits per heavy atom. The summed E-state index contributed by atoms with van der Waals surface area (Å²) in [6, 6.07) is 19.3. The monoisotopic (exact) mass is 470 g/mol. The number of hydrogen-bond acceptors (Lipinski definition) is 7. The van der Waals surface area contributed by atoms with Crippen LogP contribution in [0.1, 0.15) is 34.6 Å². The van der Waals surface area contributed by atoms with E-state index >= 15 is 0 Å². The molecule has 1 saturated heterocycles. The Bertz CT molecular complexity index is 1150. The molecule has 35 heavy (non-hydrogen) atoms. The van der Waals surface area contributed by atoms with Gasteiger partial charge in [0.15, 0.2) is 11.4 Å². The summed E-state index contributed by atoms with van der Waals surface area (Å²) < 4.78 is 10.7. The van der Waals surface area contributed by atoms with Gasteiger partial charge in [-0.15, -0.1) is 0 Å². The summed E-state index contributed by atoms with van der Waals surface area (Å²) in [6.45, 7) is 5.38. The minimum absolute atomic E-state index is 0.140. The number of benzene rings is 1. The Morgan fingerprint density at radius 1 is 1.00 bits per heavy atom. The smallest absolute Gasteiger partial charge is 0.360 e. The number of methoxy groups -OCH3 is 1. The maximum atomic E-state index is 12.2. The number of anilines is 1. The van der Waals surface area contributed by atoms with E-state index in [1.807, 2.05) is 48.7 Å². The van der Waals surface area contributed by atoms with E-state index in [2.05, 4.69) is 37.7 Å². The van der Waals surface area contributed by atoms with Crippen LogP contribution in [0.5, 0.6) is 5.75 Å². The summed E-state index contributed by atoms with van der Waals surface area (Å²) in [6.07, 6.45) is 3.59. The van der Waals surface area contributed by atoms with Gasteiger partial charge in [-0.3, -0.25) is 4.90 Å². The highest BCUT2D eigenvalue weighted by molar-refractivity contribution is 5.90. The lowest BCUT2D eigenvalue weighted by molar-refractivity contribution is 0.0588. The van der Waals surface area contributed by atoms with E-state index in [0.717, 1.165) is 56.9 Å². The quantitative estimate of drug-likeness (QED) is 0.282. The van der Waals surface area contributed by atoms with Crippen LogP contribution < -0.4 is 9.64 Å². The van der Waals surface area contributed by atoms with Gasteiger partial charge in [-0.1, -0.05) is 42.3 Å². The van der Waals surface area contributed by atoms with Gasteiger partial charge in [-0.05, 0) is 48.7 Å². The van der Waals surface area contributed by atoms with Crippen LogP contribution in [-0.2, 0) is 11.3 Å². The predicted octanol–water partition coefficient (Wildman–Crippen LogP) is 3.80. The second kappa shape index (κ2) is 12.5. The topological polar surface area (TPSA) is 67.8 Å². The third kappa shape index (κ3) is 7.05. The number of carbonyl (C=O) groups excluding carboxylic acids is 1. The van der Waals surface area contributed by atoms with Crippen LogP contribution in [0.2, 0.25) is 0 Å². The molecule has 1 aromatic carbocycles. The van der Waals surface area contributed by atoms with Crippen LogP contribution in [0.25, 0.3) is 0 Å². The fraction of sp³-hybridized carbons (Fsp3) is 0.321. The van der Waals surface area contributed by atoms with Crippen molar-refractivity contribution in [2.75, 3.05) is 44.7 Å². The van der Waals surface area contributed by atoms with E-state index in [0.29, 0.717) is 18.1 Å². The minimum atomic E-state index is -0.540. The molecule has 2 aromatic heterocycles. The molecule has 0 saturated carbocycles. The average Bonchev–Trinajstić information content (AvgIpc) is 2.93. The SMILES string of the molecule is COC(=O)c1nc(C#CCCCN2CCN(c3ccccn3)CC2)ccc1OCc1ccccc1. The number of carbonyl (C=O) groups is 1. The Labute approximate surface area is 206 Å². The Hall–Kier alpha value is -3.89. The number of aromatic nitrogens is 2. The van der Waals surface area contributed by atoms with Gasteiger partial charge in [0.05, 0.1) is 7.11 Å². The number of piperazine rings is 1. The molecule has 7 nitrogen and oxygen atoms in total. The molecule has 0 atom stereocenters. The summed E-state index contributed by atoms with van der Waals surface area (Å²) in [5.41, 5.74) is 1.67. The van der Waals surface area contributed by atoms with E-state index < -0.39 is 5.97 Å². The Kier molecular flexibility index (Phi) is 8.68. The lowest BCUT2D eigenvalue weighted by atomic mass is 10.2. The first-order chi connectivity index (χ1) is 17.2. The van der Waals surface area contributed by atoms with E-state index in [4.69, 9.17) is 9.47 Å². The molecule has 0 N–H and O–H groups in total. The number of ether oxygens (including phenoxy) is 2. The van der Waals surface area contributed by atoms with Crippen LogP contribution >= 0.6 is 0 Å². The lowest BCUT2D eigenvalue weighted by Crippen LogP contribution is -2.46. The van der Waals surface area contributed by atoms with Crippen molar-refractivity contribution in [3.05, 3.63) is 83.8 Å². The zero-order valence-corrected chi connectivity index (χ0v) is 20.0. The first-order valence-electron chi connectivity index (χ1n) is 11.9. The van der Waals surface area contributed by atoms with Crippen molar-refractivity contribution in [2.45, 2.75) is 19.4 Å². The summed E-state index contributed by atoms with van der Waals surface area (Å²) in [5, 5.41) is 0. The largest absolute Gasteiger partial charge is 0.486 e. The standard InChI is InChI=1S/C28H30N4O3/c1-34-28(33)27-25(35-22-23-10-4-2-5-11-23)15-14-24(30-27)12-6-3-9-17-31-18-20-32(21-19-31)26-13-7-8-16-29-26/h2,4-5,7-8,10-11,13-16H,3,9,17-22H2,1H3. The summed E-state index contributed by atoms with van der Waals surface area (Å²) in [5.74, 6) is 7.15. The van der Waals surface area contributed by atoms with Crippen molar-refractivity contribution in [3.8, 4) is 17.6 Å². The van der Waals surface area contributed by atoms with Gasteiger partial charge in [0.1, 0.15) is 18.1 Å². The highest BCUT2D eigenvalue weighted by Gasteiger charge is 2.17. The molecule has 0 amide bonds. The molecular formula is C28H30N4O3. The first-order valence-corrected chi connectivity index (χ1v) is 11.9. The van der Waals surface area contributed by atoms with Gasteiger partial charge >= 0.3 is 5.97 Å². The van der Waals surface area contributed by atoms with Crippen molar-refractivity contribution >= 4 is 11.8 Å². The van der Waals surface area contributed by atoms with Crippen molar-refractivity contribution in [3.63, 3.8) is 0 Å². The van der Waals surface area contributed by atoms with Gasteiger partial charge in [-0.25, -0.2) is 14.8 Å². The molecule has 1 aliphatic heterocycles. The average molecular weight is 471 g/mol. The van der Waals surface area contributed by atoms with Crippen molar-refractivity contribution in [1.29, 1.82) is 0 Å². The van der Waals surface area contributed by atoms with Crippen molar-refractivity contribution in [1.82, 2.24) is 14.9 Å². The molecule has 1 aliphatic rings. The lowest BCUT2D eigenvalue weighted by Gasteiger charge is -2.35. The van der Waals surface area contributed by atoms with E-state index in [9.17, 15) is 4.79 Å². The molecule has 1 fully saturated rings. The Balaban J connectivity index is 1.26. The molecule has 3 aromatic rings. The molecule has 0 unspecified atom stereocenters. The molecule has 180 valence electrons. The predicted molar refractivity (Wildman–Crippen MR) is 135 cm³/mol. The van der Waals surface area contributed by atoms with Gasteiger partial charge in [0, 0.05) is 38.8 Å². The van der Waals surface area contributed by atoms with Gasteiger partial charge in [0.25, 0.3) is 0 Å². The first kappa shape index (κ1) is 24.2. The highest BCUT2D eigenvalue weighted by Crippen LogP contribution is 2.19. The fourth-order valence-electron chi connectivity index (χ4n) is 3.90. The number of hydrogen-bond donors (Lipinski definition) is 0. The number of esters is 1. The zero-order chi connectivity index (χ0) is 24.3. The molecule has 0 radical (unpaired) electrons. The summed E-state index contributed by atoms with van der Waals surface area (Å²) in [7, 11) is 1.33. The van der Waals surface area contributed by atoms with Crippen LogP contribution in [0.3, 0.4) is 0 Å². The maximum absolute atomic E-state index is 12.2. The van der Waals surface area contributed by atoms with Crippen LogP contribution in [-0.4, -0.2) is 60.7 Å². The zero-order valence-electron chi connectivity index (χ0n) is 20.0. The third-order valence-corrected chi connectivity index (χ3v) is 5.81. The van der Waals surface area contributed by atoms with Crippen molar-refractivity contribution in [2.24, 2.45) is 0 Å². The number of rotatable bonds is 8. The van der Waals surface area contributed by atoms with E-state index in [1.54, 1.807) is 12.1 Å². The van der Waals surface area contributed by atoms with Crippen LogP contribution in [0.15, 0.2) is 66.9 Å². The highest BCUT2D eigenvalue weighted by atomic mass is 16.5. The molecule has 7 heteroatoms. The van der Waals surface area contributed by atoms with Gasteiger partial charge in [0.2, 0.25) is 0 Å². The molecule has 0 spiro atoms. The molecule has 3 heterocycles. The van der Waals surface area contributed by atoms with Gasteiger partial charge in [-0.2, -0.15) is 0 Å². The van der Waals surface area contributed by atoms with Crippen LogP contribution in [0.4, 0.5) is 5.82 Å². The Morgan fingerprint density at radius 3 is 2.54 bits per heavy atom. The van der Waals surface area contributed by atoms with Gasteiger partial charge < -0.3 is 14.4 Å². The molecule has 0 bridgehead atoms. The molecule has 4 rings (SSSR count). The number of nitrogens with zero attached hydrogens (tertiary/aromatic N) is 4. The number of unbranched alkanes of at least 4 members (excludes halogenated alkanes) is 1.